The standard InChI is InChI=1S/C43H84O22P4/c1-3-5-7-9-11-13-15-17-18-20-21-23-25-27-29-31-36(44)59-33-35(61-37(45)32-30-28-26-24-22-19-16-14-12-10-8-6-4-2)34-60-69(57,58)65-40-38(46)41(62-66(48,49)50)43(64-68(54,55)56)42(39(40)47)63-67(51,52)53/h14,16,35,38-43,46-47H,3-13,15,17-34H2,1-2H3,(H,57,58)(H2,48,49,50)(H2,51,52,53)(H2,54,55,56)/b16-14-/t35-,38?,39?,40?,41+,42?,43?/m1/s1. The Balaban J connectivity index is 2.89. The van der Waals surface area contributed by atoms with Gasteiger partial charge in [-0.1, -0.05) is 154 Å². The van der Waals surface area contributed by atoms with Crippen LogP contribution in [-0.4, -0.2) is 112 Å². The smallest absolute Gasteiger partial charge is 0.462 e. The molecule has 0 aromatic carbocycles. The summed E-state index contributed by atoms with van der Waals surface area (Å²) in [4.78, 5) is 92.8. The van der Waals surface area contributed by atoms with E-state index in [2.05, 4.69) is 39.6 Å². The highest BCUT2D eigenvalue weighted by atomic mass is 31.2. The molecule has 0 aromatic rings. The molecule has 1 rings (SSSR count). The molecule has 0 spiro atoms. The summed E-state index contributed by atoms with van der Waals surface area (Å²) in [6.07, 6.45) is 14.3. The van der Waals surface area contributed by atoms with Gasteiger partial charge in [-0.05, 0) is 38.5 Å². The van der Waals surface area contributed by atoms with Crippen LogP contribution in [0, 0.1) is 0 Å². The van der Waals surface area contributed by atoms with Gasteiger partial charge in [0.15, 0.2) is 6.10 Å². The minimum absolute atomic E-state index is 0.0377. The number of allylic oxidation sites excluding steroid dienone is 2. The van der Waals surface area contributed by atoms with Crippen molar-refractivity contribution in [2.24, 2.45) is 0 Å². The molecule has 26 heteroatoms. The molecule has 22 nitrogen and oxygen atoms in total. The summed E-state index contributed by atoms with van der Waals surface area (Å²) in [6.45, 7) is 2.74. The number of phosphoric ester groups is 4. The lowest BCUT2D eigenvalue weighted by molar-refractivity contribution is -0.209. The first kappa shape index (κ1) is 66.1. The Labute approximate surface area is 408 Å². The van der Waals surface area contributed by atoms with Crippen LogP contribution in [0.5, 0.6) is 0 Å². The molecule has 0 aromatic heterocycles. The van der Waals surface area contributed by atoms with E-state index in [9.17, 15) is 72.3 Å². The van der Waals surface area contributed by atoms with Crippen LogP contribution in [0.3, 0.4) is 0 Å². The normalized spacial score (nSPS) is 21.6. The summed E-state index contributed by atoms with van der Waals surface area (Å²) in [7, 11) is -23.0. The van der Waals surface area contributed by atoms with Gasteiger partial charge in [0.25, 0.3) is 0 Å². The number of unbranched alkanes of at least 4 members (excludes halogenated alkanes) is 23. The van der Waals surface area contributed by atoms with Crippen LogP contribution in [0.2, 0.25) is 0 Å². The first-order valence-corrected chi connectivity index (χ1v) is 30.8. The van der Waals surface area contributed by atoms with Crippen LogP contribution in [-0.2, 0) is 59.9 Å². The third-order valence-corrected chi connectivity index (χ3v) is 13.8. The number of aliphatic hydroxyl groups is 2. The number of phosphoric acid groups is 4. The van der Waals surface area contributed by atoms with Crippen molar-refractivity contribution in [2.45, 2.75) is 236 Å². The number of rotatable bonds is 43. The van der Waals surface area contributed by atoms with Crippen LogP contribution in [0.1, 0.15) is 194 Å². The summed E-state index contributed by atoms with van der Waals surface area (Å²) in [5.74, 6) is -1.40. The van der Waals surface area contributed by atoms with Gasteiger partial charge in [0.2, 0.25) is 0 Å². The number of hydrogen-bond donors (Lipinski definition) is 9. The van der Waals surface area contributed by atoms with Crippen LogP contribution in [0.4, 0.5) is 0 Å². The predicted molar refractivity (Wildman–Crippen MR) is 254 cm³/mol. The molecule has 0 radical (unpaired) electrons. The van der Waals surface area contributed by atoms with Gasteiger partial charge in [0.05, 0.1) is 6.61 Å². The summed E-state index contributed by atoms with van der Waals surface area (Å²) < 4.78 is 82.1. The molecule has 1 fully saturated rings. The molecule has 9 N–H and O–H groups in total. The zero-order chi connectivity index (χ0) is 51.8. The van der Waals surface area contributed by atoms with E-state index in [1.807, 2.05) is 0 Å². The molecule has 1 aliphatic carbocycles. The van der Waals surface area contributed by atoms with E-state index < -0.39 is 99.2 Å². The third kappa shape index (κ3) is 35.0. The summed E-state index contributed by atoms with van der Waals surface area (Å²) in [5, 5.41) is 21.8. The van der Waals surface area contributed by atoms with Crippen LogP contribution >= 0.6 is 31.3 Å². The number of esters is 2. The van der Waals surface area contributed by atoms with Crippen LogP contribution in [0.25, 0.3) is 0 Å². The highest BCUT2D eigenvalue weighted by molar-refractivity contribution is 7.47. The second kappa shape index (κ2) is 36.9. The second-order valence-corrected chi connectivity index (χ2v) is 22.6. The lowest BCUT2D eigenvalue weighted by atomic mass is 9.85. The van der Waals surface area contributed by atoms with E-state index in [0.29, 0.717) is 19.3 Å². The Hall–Kier alpha value is -0.960. The fourth-order valence-corrected chi connectivity index (χ4v) is 10.4. The molecule has 408 valence electrons. The van der Waals surface area contributed by atoms with Crippen molar-refractivity contribution >= 4 is 43.2 Å². The molecule has 69 heavy (non-hydrogen) atoms. The fraction of sp³-hybridized carbons (Fsp3) is 0.907. The maximum absolute atomic E-state index is 13.3. The SMILES string of the molecule is CCCCCC/C=C\CCCCCCCC(=O)O[C@H](COC(=O)CCCCCCCCCCCCCCCCC)COP(=O)(O)OC1C(O)C(OP(=O)(O)O)C(OP(=O)(O)O)[C@@H](OP(=O)(O)O)C1O. The van der Waals surface area contributed by atoms with Gasteiger partial charge >= 0.3 is 43.2 Å². The van der Waals surface area contributed by atoms with E-state index in [0.717, 1.165) is 64.2 Å². The Morgan fingerprint density at radius 3 is 1.20 bits per heavy atom. The largest absolute Gasteiger partial charge is 0.472 e. The van der Waals surface area contributed by atoms with Crippen molar-refractivity contribution in [3.63, 3.8) is 0 Å². The van der Waals surface area contributed by atoms with E-state index >= 15 is 0 Å². The minimum Gasteiger partial charge on any atom is -0.462 e. The molecule has 0 amide bonds. The molecule has 0 aliphatic heterocycles. The Bertz CT molecular complexity index is 1560. The Kier molecular flexibility index (Phi) is 35.3. The van der Waals surface area contributed by atoms with Crippen molar-refractivity contribution in [2.75, 3.05) is 13.2 Å². The van der Waals surface area contributed by atoms with Gasteiger partial charge in [-0.3, -0.25) is 32.2 Å². The van der Waals surface area contributed by atoms with E-state index in [-0.39, 0.29) is 12.8 Å². The monoisotopic (exact) mass is 1080 g/mol. The molecule has 0 heterocycles. The van der Waals surface area contributed by atoms with E-state index in [4.69, 9.17) is 18.5 Å². The zero-order valence-corrected chi connectivity index (χ0v) is 44.1. The Morgan fingerprint density at radius 1 is 0.449 bits per heavy atom. The highest BCUT2D eigenvalue weighted by Crippen LogP contribution is 2.53. The number of carbonyl (C=O) groups is 2. The Morgan fingerprint density at radius 2 is 0.797 bits per heavy atom. The van der Waals surface area contributed by atoms with Gasteiger partial charge in [-0.25, -0.2) is 18.3 Å². The van der Waals surface area contributed by atoms with Gasteiger partial charge in [0.1, 0.15) is 43.2 Å². The van der Waals surface area contributed by atoms with Gasteiger partial charge < -0.3 is 53.9 Å². The predicted octanol–water partition coefficient (Wildman–Crippen LogP) is 8.63. The summed E-state index contributed by atoms with van der Waals surface area (Å²) >= 11 is 0. The second-order valence-electron chi connectivity index (χ2n) is 17.6. The molecule has 0 bridgehead atoms. The van der Waals surface area contributed by atoms with Gasteiger partial charge in [-0.15, -0.1) is 0 Å². The van der Waals surface area contributed by atoms with E-state index in [1.165, 1.54) is 83.5 Å². The number of ether oxygens (including phenoxy) is 2. The van der Waals surface area contributed by atoms with Crippen molar-refractivity contribution in [1.29, 1.82) is 0 Å². The molecular formula is C43H84O22P4. The topological polar surface area (TPSA) is 349 Å². The first-order chi connectivity index (χ1) is 32.5. The maximum atomic E-state index is 13.3. The molecular weight excluding hydrogens is 992 g/mol. The van der Waals surface area contributed by atoms with Gasteiger partial charge in [0, 0.05) is 12.8 Å². The average Bonchev–Trinajstić information content (AvgIpc) is 3.25. The minimum atomic E-state index is -5.79. The molecule has 1 saturated carbocycles. The fourth-order valence-electron chi connectivity index (χ4n) is 7.72. The number of carbonyl (C=O) groups excluding carboxylic acids is 2. The van der Waals surface area contributed by atoms with Crippen molar-refractivity contribution in [3.05, 3.63) is 12.2 Å². The van der Waals surface area contributed by atoms with Crippen molar-refractivity contribution in [1.82, 2.24) is 0 Å². The van der Waals surface area contributed by atoms with Crippen LogP contribution < -0.4 is 0 Å². The third-order valence-electron chi connectivity index (χ3n) is 11.3. The highest BCUT2D eigenvalue weighted by Gasteiger charge is 2.59. The summed E-state index contributed by atoms with van der Waals surface area (Å²) in [5.41, 5.74) is 0. The van der Waals surface area contributed by atoms with Crippen molar-refractivity contribution in [3.8, 4) is 0 Å². The van der Waals surface area contributed by atoms with E-state index in [1.54, 1.807) is 0 Å². The lowest BCUT2D eigenvalue weighted by Crippen LogP contribution is -2.65. The maximum Gasteiger partial charge on any atom is 0.472 e. The first-order valence-electron chi connectivity index (χ1n) is 24.7. The lowest BCUT2D eigenvalue weighted by Gasteiger charge is -2.45. The average molecular weight is 1080 g/mol. The molecule has 8 atom stereocenters. The number of hydrogen-bond acceptors (Lipinski definition) is 15. The van der Waals surface area contributed by atoms with Crippen molar-refractivity contribution < 1.29 is 104 Å². The number of aliphatic hydroxyl groups excluding tert-OH is 2. The molecule has 0 saturated heterocycles. The zero-order valence-electron chi connectivity index (χ0n) is 40.5. The quantitative estimate of drug-likeness (QED) is 0.0119. The summed E-state index contributed by atoms with van der Waals surface area (Å²) in [6, 6.07) is 0. The molecule has 6 unspecified atom stereocenters. The van der Waals surface area contributed by atoms with Crippen LogP contribution in [0.15, 0.2) is 12.2 Å². The molecule has 1 aliphatic rings. The van der Waals surface area contributed by atoms with Gasteiger partial charge in [-0.2, -0.15) is 0 Å².